The highest BCUT2D eigenvalue weighted by Gasteiger charge is 2.46. The Morgan fingerprint density at radius 3 is 2.26 bits per heavy atom. The van der Waals surface area contributed by atoms with Crippen LogP contribution in [0.5, 0.6) is 0 Å². The van der Waals surface area contributed by atoms with Crippen LogP contribution in [-0.4, -0.2) is 30.3 Å². The fourth-order valence-corrected chi connectivity index (χ4v) is 3.32. The Labute approximate surface area is 157 Å². The lowest BCUT2D eigenvalue weighted by Crippen LogP contribution is -2.56. The first-order chi connectivity index (χ1) is 13.0. The minimum absolute atomic E-state index is 0.351. The number of aryl methyl sites for hydroxylation is 1. The number of benzene rings is 2. The van der Waals surface area contributed by atoms with E-state index in [1.165, 1.54) is 4.90 Å². The Hall–Kier alpha value is -2.76. The summed E-state index contributed by atoms with van der Waals surface area (Å²) in [6, 6.07) is 17.2. The summed E-state index contributed by atoms with van der Waals surface area (Å²) in [5, 5.41) is 2.67. The van der Waals surface area contributed by atoms with E-state index in [-0.39, 0.29) is 12.8 Å². The van der Waals surface area contributed by atoms with Crippen molar-refractivity contribution in [1.82, 2.24) is 5.32 Å². The molecule has 27 heavy (non-hydrogen) atoms. The first kappa shape index (κ1) is 19.0. The van der Waals surface area contributed by atoms with Crippen LogP contribution in [-0.2, 0) is 16.0 Å². The molecule has 0 radical (unpaired) electrons. The summed E-state index contributed by atoms with van der Waals surface area (Å²) >= 11 is 0. The molecule has 0 aromatic heterocycles. The number of nitrogens with one attached hydrogen (secondary N) is 1. The number of hydrogen-bond donors (Lipinski definition) is 1. The molecule has 4 nitrogen and oxygen atoms in total. The van der Waals surface area contributed by atoms with Crippen molar-refractivity contribution in [2.45, 2.75) is 43.7 Å². The molecule has 1 aliphatic carbocycles. The lowest BCUT2D eigenvalue weighted by atomic mass is 9.88. The van der Waals surface area contributed by atoms with Gasteiger partial charge < -0.3 is 10.2 Å². The van der Waals surface area contributed by atoms with Gasteiger partial charge in [0.2, 0.25) is 12.3 Å². The maximum absolute atomic E-state index is 13.1. The molecule has 0 spiro atoms. The normalized spacial score (nSPS) is 16.8. The molecular weight excluding hydrogens is 350 g/mol. The van der Waals surface area contributed by atoms with E-state index in [0.717, 1.165) is 5.56 Å². The van der Waals surface area contributed by atoms with Crippen molar-refractivity contribution < 1.29 is 18.4 Å². The minimum atomic E-state index is -2.71. The van der Waals surface area contributed by atoms with Crippen LogP contribution in [0.15, 0.2) is 60.7 Å². The highest BCUT2D eigenvalue weighted by atomic mass is 19.3. The molecule has 1 atom stereocenters. The number of hydrogen-bond acceptors (Lipinski definition) is 2. The molecule has 2 aromatic rings. The molecule has 2 amide bonds. The van der Waals surface area contributed by atoms with Crippen molar-refractivity contribution in [1.29, 1.82) is 0 Å². The number of nitrogens with zero attached hydrogens (tertiary/aromatic N) is 1. The molecular formula is C21H22F2N2O2. The average molecular weight is 372 g/mol. The summed E-state index contributed by atoms with van der Waals surface area (Å²) in [4.78, 5) is 25.9. The Kier molecular flexibility index (Phi) is 5.84. The van der Waals surface area contributed by atoms with E-state index in [1.807, 2.05) is 36.4 Å². The van der Waals surface area contributed by atoms with Crippen molar-refractivity contribution in [3.63, 3.8) is 0 Å². The van der Waals surface area contributed by atoms with E-state index >= 15 is 0 Å². The number of halogens is 2. The zero-order valence-electron chi connectivity index (χ0n) is 14.9. The van der Waals surface area contributed by atoms with E-state index in [1.54, 1.807) is 24.3 Å². The molecule has 1 aliphatic rings. The Morgan fingerprint density at radius 2 is 1.70 bits per heavy atom. The van der Waals surface area contributed by atoms with Gasteiger partial charge in [-0.3, -0.25) is 9.59 Å². The molecule has 2 aromatic carbocycles. The van der Waals surface area contributed by atoms with Crippen LogP contribution in [0, 0.1) is 0 Å². The third kappa shape index (κ3) is 4.90. The van der Waals surface area contributed by atoms with Crippen molar-refractivity contribution in [3.8, 4) is 0 Å². The van der Waals surface area contributed by atoms with Gasteiger partial charge >= 0.3 is 0 Å². The second-order valence-electron chi connectivity index (χ2n) is 6.86. The number of para-hydroxylation sites is 1. The largest absolute Gasteiger partial charge is 0.351 e. The van der Waals surface area contributed by atoms with Crippen LogP contribution in [0.3, 0.4) is 0 Å². The van der Waals surface area contributed by atoms with Crippen molar-refractivity contribution in [3.05, 3.63) is 66.2 Å². The van der Waals surface area contributed by atoms with Gasteiger partial charge in [0.15, 0.2) is 0 Å². The molecule has 0 saturated heterocycles. The van der Waals surface area contributed by atoms with Gasteiger partial charge in [-0.1, -0.05) is 48.5 Å². The highest BCUT2D eigenvalue weighted by Crippen LogP contribution is 2.37. The lowest BCUT2D eigenvalue weighted by Gasteiger charge is -2.37. The fraction of sp³-hybridized carbons (Fsp3) is 0.333. The summed E-state index contributed by atoms with van der Waals surface area (Å²) in [6.07, 6.45) is 0.913. The third-order valence-electron chi connectivity index (χ3n) is 4.79. The first-order valence-corrected chi connectivity index (χ1v) is 8.99. The molecule has 0 aliphatic heterocycles. The van der Waals surface area contributed by atoms with Gasteiger partial charge in [0, 0.05) is 24.6 Å². The molecule has 1 unspecified atom stereocenters. The lowest BCUT2D eigenvalue weighted by molar-refractivity contribution is -0.131. The second-order valence-corrected chi connectivity index (χ2v) is 6.86. The van der Waals surface area contributed by atoms with E-state index in [4.69, 9.17) is 0 Å². The Balaban J connectivity index is 1.74. The smallest absolute Gasteiger partial charge is 0.252 e. The van der Waals surface area contributed by atoms with Crippen molar-refractivity contribution in [2.75, 3.05) is 4.90 Å². The molecule has 3 rings (SSSR count). The molecule has 142 valence electrons. The Bertz CT molecular complexity index is 760. The van der Waals surface area contributed by atoms with E-state index in [9.17, 15) is 18.4 Å². The summed E-state index contributed by atoms with van der Waals surface area (Å²) in [7, 11) is 0. The molecule has 1 saturated carbocycles. The van der Waals surface area contributed by atoms with Gasteiger partial charge in [-0.25, -0.2) is 8.78 Å². The van der Waals surface area contributed by atoms with Crippen LogP contribution in [0.4, 0.5) is 14.5 Å². The number of anilines is 1. The van der Waals surface area contributed by atoms with E-state index in [0.29, 0.717) is 24.9 Å². The fourth-order valence-electron chi connectivity index (χ4n) is 3.32. The van der Waals surface area contributed by atoms with Crippen LogP contribution in [0.25, 0.3) is 0 Å². The predicted molar refractivity (Wildman–Crippen MR) is 99.6 cm³/mol. The first-order valence-electron chi connectivity index (χ1n) is 8.99. The number of carbonyl (C=O) groups excluding carboxylic acids is 2. The second kappa shape index (κ2) is 8.29. The molecule has 0 bridgehead atoms. The number of carbonyl (C=O) groups is 2. The molecule has 0 heterocycles. The quantitative estimate of drug-likeness (QED) is 0.721. The van der Waals surface area contributed by atoms with Gasteiger partial charge in [0.1, 0.15) is 6.04 Å². The van der Waals surface area contributed by atoms with E-state index in [2.05, 4.69) is 5.32 Å². The van der Waals surface area contributed by atoms with Gasteiger partial charge in [-0.2, -0.15) is 0 Å². The Morgan fingerprint density at radius 1 is 1.11 bits per heavy atom. The van der Waals surface area contributed by atoms with Crippen molar-refractivity contribution >= 4 is 18.0 Å². The summed E-state index contributed by atoms with van der Waals surface area (Å²) in [6.45, 7) is 0. The van der Waals surface area contributed by atoms with Gasteiger partial charge in [-0.15, -0.1) is 0 Å². The zero-order chi connectivity index (χ0) is 19.3. The number of alkyl halides is 2. The number of amides is 2. The van der Waals surface area contributed by atoms with E-state index < -0.39 is 23.9 Å². The predicted octanol–water partition coefficient (Wildman–Crippen LogP) is 3.56. The van der Waals surface area contributed by atoms with Crippen LogP contribution in [0.2, 0.25) is 0 Å². The SMILES string of the molecule is O=CN(c1ccccc1)C(CCc1ccccc1)C(=O)NC1CC(F)(F)C1. The van der Waals surface area contributed by atoms with Crippen LogP contribution in [0.1, 0.15) is 24.8 Å². The third-order valence-corrected chi connectivity index (χ3v) is 4.79. The number of rotatable bonds is 8. The standard InChI is InChI=1S/C21H22F2N2O2/c22-21(23)13-17(14-21)24-20(27)19(12-11-16-7-3-1-4-8-16)25(15-26)18-9-5-2-6-10-18/h1-10,15,17,19H,11-14H2,(H,24,27). The monoisotopic (exact) mass is 372 g/mol. The molecule has 1 fully saturated rings. The average Bonchev–Trinajstić information content (AvgIpc) is 2.65. The van der Waals surface area contributed by atoms with Gasteiger partial charge in [0.25, 0.3) is 5.92 Å². The van der Waals surface area contributed by atoms with Gasteiger partial charge in [0.05, 0.1) is 0 Å². The molecule has 1 N–H and O–H groups in total. The van der Waals surface area contributed by atoms with Crippen molar-refractivity contribution in [2.24, 2.45) is 0 Å². The maximum atomic E-state index is 13.1. The topological polar surface area (TPSA) is 49.4 Å². The minimum Gasteiger partial charge on any atom is -0.351 e. The maximum Gasteiger partial charge on any atom is 0.252 e. The van der Waals surface area contributed by atoms with Crippen LogP contribution >= 0.6 is 0 Å². The highest BCUT2D eigenvalue weighted by molar-refractivity contribution is 5.92. The summed E-state index contributed by atoms with van der Waals surface area (Å²) in [5.41, 5.74) is 1.64. The summed E-state index contributed by atoms with van der Waals surface area (Å²) < 4.78 is 26.2. The zero-order valence-corrected chi connectivity index (χ0v) is 14.9. The van der Waals surface area contributed by atoms with Crippen LogP contribution < -0.4 is 10.2 Å². The molecule has 6 heteroatoms. The van der Waals surface area contributed by atoms with Gasteiger partial charge in [-0.05, 0) is 30.5 Å². The summed E-state index contributed by atoms with van der Waals surface area (Å²) in [5.74, 6) is -3.11.